The Bertz CT molecular complexity index is 321. The van der Waals surface area contributed by atoms with Crippen LogP contribution in [0.1, 0.15) is 6.92 Å². The molecule has 1 radical (unpaired) electrons. The molecule has 0 atom stereocenters. The molecule has 1 aromatic rings. The molecule has 0 fully saturated rings. The molecule has 3 heteroatoms. The van der Waals surface area contributed by atoms with Gasteiger partial charge in [-0.3, -0.25) is 0 Å². The third-order valence-corrected chi connectivity index (χ3v) is 2.02. The molecule has 0 saturated carbocycles. The van der Waals surface area contributed by atoms with Gasteiger partial charge in [0.2, 0.25) is 0 Å². The molecule has 1 aromatic carbocycles. The van der Waals surface area contributed by atoms with Gasteiger partial charge in [-0.25, -0.2) is 0 Å². The van der Waals surface area contributed by atoms with E-state index in [1.165, 1.54) is 5.70 Å². The second-order valence-electron chi connectivity index (χ2n) is 3.17. The van der Waals surface area contributed by atoms with Gasteiger partial charge in [0, 0.05) is 20.1 Å². The Kier molecular flexibility index (Phi) is 3.73. The fourth-order valence-electron chi connectivity index (χ4n) is 1.45. The summed E-state index contributed by atoms with van der Waals surface area (Å²) in [7, 11) is 2.02. The first-order valence-electron chi connectivity index (χ1n) is 4.29. The molecule has 0 aliphatic carbocycles. The maximum absolute atomic E-state index is 3.19. The zero-order valence-corrected chi connectivity index (χ0v) is 10.6. The van der Waals surface area contributed by atoms with Crippen LogP contribution in [0, 0.1) is 12.7 Å². The van der Waals surface area contributed by atoms with Crippen LogP contribution < -0.4 is 4.90 Å². The van der Waals surface area contributed by atoms with Gasteiger partial charge in [0.05, 0.1) is 0 Å². The van der Waals surface area contributed by atoms with Gasteiger partial charge in [0.1, 0.15) is 0 Å². The molecule has 0 unspecified atom stereocenters. The normalized spacial score (nSPS) is 15.1. The van der Waals surface area contributed by atoms with E-state index < -0.39 is 0 Å². The smallest absolute Gasteiger partial charge is 0 e. The number of hydrogen-bond donors (Lipinski definition) is 0. The van der Waals surface area contributed by atoms with E-state index in [-0.39, 0.29) is 20.1 Å². The van der Waals surface area contributed by atoms with Gasteiger partial charge in [-0.2, -0.15) is 37.0 Å². The molecule has 0 bridgehead atoms. The van der Waals surface area contributed by atoms with E-state index in [1.807, 2.05) is 42.9 Å². The number of para-hydroxylation sites is 1. The van der Waals surface area contributed by atoms with Crippen LogP contribution >= 0.6 is 0 Å². The summed E-state index contributed by atoms with van der Waals surface area (Å²) in [5, 5.41) is 0. The predicted molar refractivity (Wildman–Crippen MR) is 53.6 cm³/mol. The molecule has 2 rings (SSSR count). The average Bonchev–Trinajstić information content (AvgIpc) is 2.47. The maximum atomic E-state index is 3.19. The first kappa shape index (κ1) is 11.3. The van der Waals surface area contributed by atoms with E-state index in [0.717, 1.165) is 5.69 Å². The van der Waals surface area contributed by atoms with Crippen LogP contribution in [0.4, 0.5) is 5.69 Å². The Balaban J connectivity index is 0.000000980. The Morgan fingerprint density at radius 2 is 2.14 bits per heavy atom. The zero-order valence-electron chi connectivity index (χ0n) is 8.19. The number of anilines is 1. The van der Waals surface area contributed by atoms with E-state index in [2.05, 4.69) is 24.1 Å². The van der Waals surface area contributed by atoms with Gasteiger partial charge in [-0.05, 0) is 25.9 Å². The van der Waals surface area contributed by atoms with E-state index in [1.54, 1.807) is 0 Å². The zero-order chi connectivity index (χ0) is 9.26. The first-order valence-corrected chi connectivity index (χ1v) is 4.29. The predicted octanol–water partition coefficient (Wildman–Crippen LogP) is 2.22. The minimum atomic E-state index is 0. The molecule has 77 valence electrons. The van der Waals surface area contributed by atoms with E-state index in [4.69, 9.17) is 0 Å². The number of allylic oxidation sites excluding steroid dienone is 1. The molecular weight excluding hydrogens is 352 g/mol. The van der Waals surface area contributed by atoms with Gasteiger partial charge < -0.3 is 9.80 Å². The minimum absolute atomic E-state index is 0. The SMILES string of the molecule is CC1=CN(C)[CH-]N1c1[c-]cccc1.[Ir]. The van der Waals surface area contributed by atoms with Crippen molar-refractivity contribution >= 4 is 5.69 Å². The number of nitrogens with zero attached hydrogens (tertiary/aromatic N) is 2. The fourth-order valence-corrected chi connectivity index (χ4v) is 1.45. The van der Waals surface area contributed by atoms with Crippen LogP contribution in [0.5, 0.6) is 0 Å². The third kappa shape index (κ3) is 2.17. The van der Waals surface area contributed by atoms with Gasteiger partial charge in [-0.1, -0.05) is 0 Å². The summed E-state index contributed by atoms with van der Waals surface area (Å²) in [6, 6.07) is 11.2. The summed E-state index contributed by atoms with van der Waals surface area (Å²) in [6.07, 6.45) is 2.08. The maximum Gasteiger partial charge on any atom is 0 e. The fraction of sp³-hybridized carbons (Fsp3) is 0.182. The molecule has 1 aliphatic rings. The molecule has 14 heavy (non-hydrogen) atoms. The van der Waals surface area contributed by atoms with E-state index in [0.29, 0.717) is 0 Å². The molecule has 0 spiro atoms. The Morgan fingerprint density at radius 3 is 2.64 bits per heavy atom. The van der Waals surface area contributed by atoms with Crippen molar-refractivity contribution in [3.63, 3.8) is 0 Å². The molecule has 0 N–H and O–H groups in total. The Morgan fingerprint density at radius 1 is 1.36 bits per heavy atom. The number of benzene rings is 1. The van der Waals surface area contributed by atoms with Crippen LogP contribution in [0.3, 0.4) is 0 Å². The van der Waals surface area contributed by atoms with E-state index in [9.17, 15) is 0 Å². The van der Waals surface area contributed by atoms with Crippen LogP contribution in [0.25, 0.3) is 0 Å². The summed E-state index contributed by atoms with van der Waals surface area (Å²) < 4.78 is 0. The van der Waals surface area contributed by atoms with Gasteiger partial charge in [-0.15, -0.1) is 5.69 Å². The summed E-state index contributed by atoms with van der Waals surface area (Å²) in [5.74, 6) is 0. The largest absolute Gasteiger partial charge is 0.510 e. The summed E-state index contributed by atoms with van der Waals surface area (Å²) in [5.41, 5.74) is 2.30. The van der Waals surface area contributed by atoms with Crippen molar-refractivity contribution in [2.24, 2.45) is 0 Å². The van der Waals surface area contributed by atoms with Crippen molar-refractivity contribution in [3.8, 4) is 0 Å². The molecule has 0 amide bonds. The monoisotopic (exact) mass is 365 g/mol. The summed E-state index contributed by atoms with van der Waals surface area (Å²) in [6.45, 7) is 4.13. The second kappa shape index (κ2) is 4.63. The molecule has 1 heterocycles. The minimum Gasteiger partial charge on any atom is -0.510 e. The van der Waals surface area contributed by atoms with E-state index >= 15 is 0 Å². The summed E-state index contributed by atoms with van der Waals surface area (Å²) in [4.78, 5) is 4.15. The first-order chi connectivity index (χ1) is 6.27. The van der Waals surface area contributed by atoms with Gasteiger partial charge >= 0.3 is 0 Å². The van der Waals surface area contributed by atoms with Crippen molar-refractivity contribution in [3.05, 3.63) is 48.9 Å². The van der Waals surface area contributed by atoms with Gasteiger partial charge in [0.25, 0.3) is 0 Å². The van der Waals surface area contributed by atoms with Crippen molar-refractivity contribution in [1.29, 1.82) is 0 Å². The Labute approximate surface area is 98.6 Å². The van der Waals surface area contributed by atoms with Gasteiger partial charge in [0.15, 0.2) is 0 Å². The standard InChI is InChI=1S/C11H12N2.Ir/c1-10-8-12(2)9-13(10)11-6-4-3-5-7-11;/h3-6,8-9H,1-2H3;/q-2;. The number of hydrogen-bond acceptors (Lipinski definition) is 2. The Hall–Kier alpha value is -0.791. The molecule has 0 saturated heterocycles. The molecule has 0 aromatic heterocycles. The summed E-state index contributed by atoms with van der Waals surface area (Å²) >= 11 is 0. The quantitative estimate of drug-likeness (QED) is 0.705. The topological polar surface area (TPSA) is 6.48 Å². The van der Waals surface area contributed by atoms with Crippen LogP contribution in [0.15, 0.2) is 36.2 Å². The second-order valence-corrected chi connectivity index (χ2v) is 3.17. The van der Waals surface area contributed by atoms with Crippen molar-refractivity contribution in [2.75, 3.05) is 11.9 Å². The van der Waals surface area contributed by atoms with Crippen molar-refractivity contribution in [2.45, 2.75) is 6.92 Å². The van der Waals surface area contributed by atoms with Crippen LogP contribution in [-0.2, 0) is 20.1 Å². The molecular formula is C11H12IrN2-2. The number of rotatable bonds is 1. The molecule has 1 aliphatic heterocycles. The average molecular weight is 364 g/mol. The molecule has 2 nitrogen and oxygen atoms in total. The third-order valence-electron chi connectivity index (χ3n) is 2.02. The van der Waals surface area contributed by atoms with Crippen LogP contribution in [0.2, 0.25) is 0 Å². The van der Waals surface area contributed by atoms with Crippen LogP contribution in [-0.4, -0.2) is 11.9 Å². The van der Waals surface area contributed by atoms with Crippen molar-refractivity contribution < 1.29 is 20.1 Å². The van der Waals surface area contributed by atoms with Crippen molar-refractivity contribution in [1.82, 2.24) is 4.90 Å².